The number of nitrogens with zero attached hydrogens (tertiary/aromatic N) is 1. The van der Waals surface area contributed by atoms with Crippen molar-refractivity contribution in [3.63, 3.8) is 0 Å². The Morgan fingerprint density at radius 1 is 1.22 bits per heavy atom. The molecule has 2 aromatic rings. The standard InChI is InChI=1S/C18H18N2O6S/c1-25-13-8-7-10(9-12(13)20(23)24)16(21)19-17-15(18(22)26-2)11-5-3-4-6-14(11)27-17/h7-9H,3-6H2,1-2H3,(H,19,21). The number of anilines is 1. The van der Waals surface area contributed by atoms with Crippen LogP contribution in [0.1, 0.15) is 44.0 Å². The molecule has 1 N–H and O–H groups in total. The molecule has 0 aliphatic heterocycles. The second kappa shape index (κ2) is 7.75. The number of carbonyl (C=O) groups is 2. The highest BCUT2D eigenvalue weighted by atomic mass is 32.1. The van der Waals surface area contributed by atoms with E-state index in [9.17, 15) is 19.7 Å². The molecule has 9 heteroatoms. The molecule has 1 aliphatic carbocycles. The van der Waals surface area contributed by atoms with Gasteiger partial charge < -0.3 is 14.8 Å². The van der Waals surface area contributed by atoms with E-state index in [0.29, 0.717) is 10.6 Å². The molecule has 0 radical (unpaired) electrons. The van der Waals surface area contributed by atoms with Gasteiger partial charge in [0.2, 0.25) is 0 Å². The lowest BCUT2D eigenvalue weighted by atomic mass is 9.95. The summed E-state index contributed by atoms with van der Waals surface area (Å²) in [5.41, 5.74) is 1.11. The first kappa shape index (κ1) is 18.8. The van der Waals surface area contributed by atoms with Gasteiger partial charge in [0.05, 0.1) is 24.7 Å². The summed E-state index contributed by atoms with van der Waals surface area (Å²) in [5, 5.41) is 14.3. The number of nitro groups is 1. The topological polar surface area (TPSA) is 108 Å². The number of ether oxygens (including phenoxy) is 2. The smallest absolute Gasteiger partial charge is 0.341 e. The molecule has 0 fully saturated rings. The fraction of sp³-hybridized carbons (Fsp3) is 0.333. The van der Waals surface area contributed by atoms with Crippen molar-refractivity contribution < 1.29 is 24.0 Å². The van der Waals surface area contributed by atoms with E-state index in [1.165, 1.54) is 37.7 Å². The monoisotopic (exact) mass is 390 g/mol. The van der Waals surface area contributed by atoms with Crippen LogP contribution in [0.4, 0.5) is 10.7 Å². The number of hydrogen-bond acceptors (Lipinski definition) is 7. The van der Waals surface area contributed by atoms with E-state index in [1.807, 2.05) is 0 Å². The SMILES string of the molecule is COC(=O)c1c(NC(=O)c2ccc(OC)c([N+](=O)[O-])c2)sc2c1CCCC2. The van der Waals surface area contributed by atoms with Crippen molar-refractivity contribution in [2.75, 3.05) is 19.5 Å². The molecule has 27 heavy (non-hydrogen) atoms. The summed E-state index contributed by atoms with van der Waals surface area (Å²) < 4.78 is 9.83. The molecule has 0 atom stereocenters. The van der Waals surface area contributed by atoms with Gasteiger partial charge in [-0.3, -0.25) is 14.9 Å². The number of amides is 1. The molecule has 142 valence electrons. The minimum absolute atomic E-state index is 0.0680. The Morgan fingerprint density at radius 3 is 2.63 bits per heavy atom. The van der Waals surface area contributed by atoms with Crippen molar-refractivity contribution >= 4 is 33.9 Å². The summed E-state index contributed by atoms with van der Waals surface area (Å²) in [4.78, 5) is 36.5. The molecule has 0 unspecified atom stereocenters. The van der Waals surface area contributed by atoms with Crippen LogP contribution >= 0.6 is 11.3 Å². The van der Waals surface area contributed by atoms with Crippen LogP contribution in [0, 0.1) is 10.1 Å². The lowest BCUT2D eigenvalue weighted by Gasteiger charge is -2.11. The summed E-state index contributed by atoms with van der Waals surface area (Å²) in [6.07, 6.45) is 3.63. The highest BCUT2D eigenvalue weighted by Gasteiger charge is 2.27. The maximum atomic E-state index is 12.6. The largest absolute Gasteiger partial charge is 0.490 e. The molecule has 1 aliphatic rings. The second-order valence-corrected chi connectivity index (χ2v) is 7.11. The van der Waals surface area contributed by atoms with Crippen molar-refractivity contribution in [1.82, 2.24) is 0 Å². The molecular weight excluding hydrogens is 372 g/mol. The van der Waals surface area contributed by atoms with Gasteiger partial charge in [-0.25, -0.2) is 4.79 Å². The number of fused-ring (bicyclic) bond motifs is 1. The number of hydrogen-bond donors (Lipinski definition) is 1. The number of rotatable bonds is 5. The Hall–Kier alpha value is -2.94. The zero-order chi connectivity index (χ0) is 19.6. The molecule has 1 aromatic carbocycles. The number of aryl methyl sites for hydroxylation is 1. The van der Waals surface area contributed by atoms with Crippen LogP contribution in [-0.2, 0) is 17.6 Å². The summed E-state index contributed by atoms with van der Waals surface area (Å²) in [5.74, 6) is -0.965. The molecule has 1 aromatic heterocycles. The minimum atomic E-state index is -0.612. The molecule has 3 rings (SSSR count). The van der Waals surface area contributed by atoms with Crippen LogP contribution in [0.2, 0.25) is 0 Å². The van der Waals surface area contributed by atoms with Crippen molar-refractivity contribution in [3.05, 3.63) is 49.9 Å². The van der Waals surface area contributed by atoms with E-state index in [-0.39, 0.29) is 17.0 Å². The van der Waals surface area contributed by atoms with Gasteiger partial charge >= 0.3 is 11.7 Å². The third-order valence-corrected chi connectivity index (χ3v) is 5.63. The fourth-order valence-corrected chi connectivity index (χ4v) is 4.39. The van der Waals surface area contributed by atoms with Crippen LogP contribution in [0.15, 0.2) is 18.2 Å². The van der Waals surface area contributed by atoms with E-state index in [4.69, 9.17) is 9.47 Å². The van der Waals surface area contributed by atoms with Gasteiger partial charge in [0.15, 0.2) is 5.75 Å². The van der Waals surface area contributed by atoms with Crippen molar-refractivity contribution in [2.45, 2.75) is 25.7 Å². The number of nitro benzene ring substituents is 1. The first-order valence-electron chi connectivity index (χ1n) is 8.33. The Labute approximate surface area is 159 Å². The van der Waals surface area contributed by atoms with Crippen LogP contribution in [-0.4, -0.2) is 31.0 Å². The Morgan fingerprint density at radius 2 is 1.96 bits per heavy atom. The number of esters is 1. The highest BCUT2D eigenvalue weighted by Crippen LogP contribution is 2.39. The molecular formula is C18H18N2O6S. The average molecular weight is 390 g/mol. The number of benzene rings is 1. The zero-order valence-corrected chi connectivity index (χ0v) is 15.7. The lowest BCUT2D eigenvalue weighted by Crippen LogP contribution is -2.15. The average Bonchev–Trinajstić information content (AvgIpc) is 3.04. The number of thiophene rings is 1. The molecule has 8 nitrogen and oxygen atoms in total. The van der Waals surface area contributed by atoms with E-state index in [2.05, 4.69) is 5.32 Å². The number of carbonyl (C=O) groups excluding carboxylic acids is 2. The maximum Gasteiger partial charge on any atom is 0.341 e. The highest BCUT2D eigenvalue weighted by molar-refractivity contribution is 7.17. The van der Waals surface area contributed by atoms with Gasteiger partial charge in [-0.15, -0.1) is 11.3 Å². The third kappa shape index (κ3) is 3.63. The quantitative estimate of drug-likeness (QED) is 0.475. The van der Waals surface area contributed by atoms with Crippen LogP contribution in [0.5, 0.6) is 5.75 Å². The van der Waals surface area contributed by atoms with E-state index in [0.717, 1.165) is 42.2 Å². The fourth-order valence-electron chi connectivity index (χ4n) is 3.12. The summed E-state index contributed by atoms with van der Waals surface area (Å²) in [6, 6.07) is 3.96. The third-order valence-electron chi connectivity index (χ3n) is 4.43. The van der Waals surface area contributed by atoms with E-state index in [1.54, 1.807) is 0 Å². The van der Waals surface area contributed by atoms with Gasteiger partial charge in [0.25, 0.3) is 5.91 Å². The first-order chi connectivity index (χ1) is 13.0. The van der Waals surface area contributed by atoms with Crippen molar-refractivity contribution in [3.8, 4) is 5.75 Å². The molecule has 0 spiro atoms. The van der Waals surface area contributed by atoms with E-state index < -0.39 is 16.8 Å². The molecule has 1 heterocycles. The summed E-state index contributed by atoms with van der Waals surface area (Å²) in [7, 11) is 2.62. The van der Waals surface area contributed by atoms with Crippen molar-refractivity contribution in [1.29, 1.82) is 0 Å². The van der Waals surface area contributed by atoms with Gasteiger partial charge in [-0.1, -0.05) is 0 Å². The molecule has 1 amide bonds. The van der Waals surface area contributed by atoms with Crippen LogP contribution < -0.4 is 10.1 Å². The van der Waals surface area contributed by atoms with Crippen LogP contribution in [0.25, 0.3) is 0 Å². The normalized spacial score (nSPS) is 12.8. The Balaban J connectivity index is 1.95. The first-order valence-corrected chi connectivity index (χ1v) is 9.14. The van der Waals surface area contributed by atoms with Gasteiger partial charge in [0, 0.05) is 16.5 Å². The zero-order valence-electron chi connectivity index (χ0n) is 14.9. The lowest BCUT2D eigenvalue weighted by molar-refractivity contribution is -0.385. The predicted octanol–water partition coefficient (Wildman–Crippen LogP) is 3.58. The molecule has 0 saturated carbocycles. The maximum absolute atomic E-state index is 12.6. The number of nitrogens with one attached hydrogen (secondary N) is 1. The van der Waals surface area contributed by atoms with Gasteiger partial charge in [0.1, 0.15) is 5.00 Å². The Bertz CT molecular complexity index is 921. The number of methoxy groups -OCH3 is 2. The van der Waals surface area contributed by atoms with Gasteiger partial charge in [-0.2, -0.15) is 0 Å². The summed E-state index contributed by atoms with van der Waals surface area (Å²) >= 11 is 1.36. The van der Waals surface area contributed by atoms with E-state index >= 15 is 0 Å². The second-order valence-electron chi connectivity index (χ2n) is 6.00. The molecule has 0 bridgehead atoms. The minimum Gasteiger partial charge on any atom is -0.490 e. The van der Waals surface area contributed by atoms with Gasteiger partial charge in [-0.05, 0) is 43.4 Å². The van der Waals surface area contributed by atoms with Crippen molar-refractivity contribution in [2.24, 2.45) is 0 Å². The molecule has 0 saturated heterocycles. The summed E-state index contributed by atoms with van der Waals surface area (Å²) in [6.45, 7) is 0. The van der Waals surface area contributed by atoms with Crippen LogP contribution in [0.3, 0.4) is 0 Å². The Kier molecular flexibility index (Phi) is 5.41. The predicted molar refractivity (Wildman–Crippen MR) is 99.9 cm³/mol.